The molecule has 10 heteroatoms. The van der Waals surface area contributed by atoms with Crippen LogP contribution in [0.2, 0.25) is 0 Å². The minimum atomic E-state index is -0.633. The quantitative estimate of drug-likeness (QED) is 0.827. The molecule has 0 aliphatic rings. The number of rotatable bonds is 4. The molecule has 2 rings (SSSR count). The maximum absolute atomic E-state index is 12.0. The van der Waals surface area contributed by atoms with Gasteiger partial charge >= 0.3 is 6.09 Å². The molecule has 10 nitrogen and oxygen atoms in total. The van der Waals surface area contributed by atoms with Crippen LogP contribution in [0, 0.1) is 6.92 Å². The first-order chi connectivity index (χ1) is 10.0. The lowest BCUT2D eigenvalue weighted by Gasteiger charge is -2.03. The summed E-state index contributed by atoms with van der Waals surface area (Å²) in [6.45, 7) is 3.49. The van der Waals surface area contributed by atoms with Crippen molar-refractivity contribution in [2.45, 2.75) is 20.4 Å². The van der Waals surface area contributed by atoms with Crippen molar-refractivity contribution in [1.29, 1.82) is 0 Å². The highest BCUT2D eigenvalue weighted by atomic mass is 16.5. The Morgan fingerprint density at radius 1 is 1.38 bits per heavy atom. The Morgan fingerprint density at radius 2 is 2.14 bits per heavy atom. The molecule has 2 aromatic heterocycles. The molecule has 0 aliphatic carbocycles. The maximum atomic E-state index is 12.0. The second-order valence-corrected chi connectivity index (χ2v) is 4.10. The number of carbonyl (C=O) groups is 2. The van der Waals surface area contributed by atoms with E-state index < -0.39 is 6.09 Å². The number of anilines is 2. The molecule has 112 valence electrons. The predicted molar refractivity (Wildman–Crippen MR) is 72.7 cm³/mol. The number of carbonyl (C=O) groups excluding carboxylic acids is 2. The number of hydrogen-bond acceptors (Lipinski definition) is 7. The minimum absolute atomic E-state index is 0.132. The van der Waals surface area contributed by atoms with Crippen LogP contribution >= 0.6 is 0 Å². The maximum Gasteiger partial charge on any atom is 0.412 e. The summed E-state index contributed by atoms with van der Waals surface area (Å²) < 4.78 is 5.88. The Bertz CT molecular complexity index is 661. The number of nitrogens with two attached hydrogens (primary N) is 1. The van der Waals surface area contributed by atoms with E-state index in [1.807, 2.05) is 0 Å². The average Bonchev–Trinajstić information content (AvgIpc) is 2.98. The number of nitrogens with one attached hydrogen (secondary N) is 1. The van der Waals surface area contributed by atoms with Gasteiger partial charge in [0.1, 0.15) is 6.54 Å². The van der Waals surface area contributed by atoms with Gasteiger partial charge in [0.15, 0.2) is 5.82 Å². The predicted octanol–water partition coefficient (Wildman–Crippen LogP) is 0.274. The molecular weight excluding hydrogens is 278 g/mol. The van der Waals surface area contributed by atoms with E-state index in [9.17, 15) is 9.59 Å². The van der Waals surface area contributed by atoms with Crippen LogP contribution in [0.25, 0.3) is 0 Å². The highest BCUT2D eigenvalue weighted by molar-refractivity contribution is 5.83. The summed E-state index contributed by atoms with van der Waals surface area (Å²) in [5.41, 5.74) is 6.61. The second kappa shape index (κ2) is 6.03. The lowest BCUT2D eigenvalue weighted by atomic mass is 10.4. The highest BCUT2D eigenvalue weighted by Crippen LogP contribution is 2.08. The van der Waals surface area contributed by atoms with Crippen molar-refractivity contribution in [2.75, 3.05) is 17.7 Å². The van der Waals surface area contributed by atoms with E-state index in [2.05, 4.69) is 20.6 Å². The zero-order valence-electron chi connectivity index (χ0n) is 11.6. The second-order valence-electron chi connectivity index (χ2n) is 4.10. The third-order valence-corrected chi connectivity index (χ3v) is 2.60. The first-order valence-electron chi connectivity index (χ1n) is 6.18. The van der Waals surface area contributed by atoms with Crippen molar-refractivity contribution in [3.05, 3.63) is 18.1 Å². The molecule has 0 bridgehead atoms. The summed E-state index contributed by atoms with van der Waals surface area (Å²) in [6.07, 6.45) is 2.08. The molecule has 3 N–H and O–H groups in total. The fourth-order valence-corrected chi connectivity index (χ4v) is 1.56. The molecule has 0 fully saturated rings. The number of ether oxygens (including phenoxy) is 1. The van der Waals surface area contributed by atoms with Gasteiger partial charge in [0, 0.05) is 0 Å². The number of nitrogens with zero attached hydrogens (tertiary/aromatic N) is 5. The Labute approximate surface area is 119 Å². The van der Waals surface area contributed by atoms with Crippen LogP contribution in [-0.2, 0) is 11.3 Å². The summed E-state index contributed by atoms with van der Waals surface area (Å²) >= 11 is 0. The van der Waals surface area contributed by atoms with E-state index in [4.69, 9.17) is 10.5 Å². The van der Waals surface area contributed by atoms with Gasteiger partial charge in [0.05, 0.1) is 30.4 Å². The number of hydrogen-bond donors (Lipinski definition) is 2. The van der Waals surface area contributed by atoms with E-state index in [-0.39, 0.29) is 24.9 Å². The third kappa shape index (κ3) is 3.35. The molecule has 0 aliphatic heterocycles. The molecule has 0 spiro atoms. The van der Waals surface area contributed by atoms with E-state index in [0.29, 0.717) is 11.4 Å². The first-order valence-corrected chi connectivity index (χ1v) is 6.18. The zero-order chi connectivity index (χ0) is 15.4. The van der Waals surface area contributed by atoms with Gasteiger partial charge in [0.2, 0.25) is 0 Å². The normalized spacial score (nSPS) is 10.4. The van der Waals surface area contributed by atoms with E-state index in [0.717, 1.165) is 4.80 Å². The zero-order valence-corrected chi connectivity index (χ0v) is 11.6. The van der Waals surface area contributed by atoms with Gasteiger partial charge in [0.25, 0.3) is 5.91 Å². The Morgan fingerprint density at radius 3 is 2.76 bits per heavy atom. The summed E-state index contributed by atoms with van der Waals surface area (Å²) in [6, 6.07) is 0. The van der Waals surface area contributed by atoms with Gasteiger partial charge in [-0.05, 0) is 13.8 Å². The molecule has 0 saturated carbocycles. The lowest BCUT2D eigenvalue weighted by Crippen LogP contribution is -2.22. The Kier molecular flexibility index (Phi) is 4.16. The summed E-state index contributed by atoms with van der Waals surface area (Å²) in [5.74, 6) is -0.152. The number of amides is 1. The Hall–Kier alpha value is -2.91. The van der Waals surface area contributed by atoms with Gasteiger partial charge < -0.3 is 10.5 Å². The van der Waals surface area contributed by atoms with Gasteiger partial charge in [-0.3, -0.25) is 10.1 Å². The fraction of sp³-hybridized carbons (Fsp3) is 0.364. The van der Waals surface area contributed by atoms with E-state index >= 15 is 0 Å². The summed E-state index contributed by atoms with van der Waals surface area (Å²) in [5, 5.41) is 14.1. The molecule has 1 amide bonds. The largest absolute Gasteiger partial charge is 0.450 e. The van der Waals surface area contributed by atoms with Crippen molar-refractivity contribution in [3.8, 4) is 0 Å². The molecule has 21 heavy (non-hydrogen) atoms. The monoisotopic (exact) mass is 293 g/mol. The van der Waals surface area contributed by atoms with Crippen molar-refractivity contribution in [1.82, 2.24) is 24.8 Å². The molecular formula is C11H15N7O3. The van der Waals surface area contributed by atoms with Crippen LogP contribution in [0.15, 0.2) is 12.4 Å². The molecule has 0 radical (unpaired) electrons. The van der Waals surface area contributed by atoms with Crippen LogP contribution in [-0.4, -0.2) is 43.4 Å². The summed E-state index contributed by atoms with van der Waals surface area (Å²) in [4.78, 5) is 24.4. The molecule has 0 aromatic carbocycles. The van der Waals surface area contributed by atoms with Crippen molar-refractivity contribution >= 4 is 23.5 Å². The topological polar surface area (TPSA) is 130 Å². The lowest BCUT2D eigenvalue weighted by molar-refractivity contribution is 0.0862. The molecule has 0 saturated heterocycles. The molecule has 2 heterocycles. The van der Waals surface area contributed by atoms with Crippen LogP contribution in [0.1, 0.15) is 17.4 Å². The van der Waals surface area contributed by atoms with Gasteiger partial charge in [-0.2, -0.15) is 15.0 Å². The van der Waals surface area contributed by atoms with Gasteiger partial charge in [-0.15, -0.1) is 5.10 Å². The molecule has 2 aromatic rings. The highest BCUT2D eigenvalue weighted by Gasteiger charge is 2.14. The standard InChI is InChI=1S/C11H15N7O3/c1-3-21-11(20)15-9-5-13-17(16-9)6-10(19)18-7(2)8(12)4-14-18/h4-5H,3,6,12H2,1-2H3,(H,15,16,20). The van der Waals surface area contributed by atoms with E-state index in [1.54, 1.807) is 13.8 Å². The summed E-state index contributed by atoms with van der Waals surface area (Å²) in [7, 11) is 0. The molecule has 0 unspecified atom stereocenters. The fourth-order valence-electron chi connectivity index (χ4n) is 1.56. The third-order valence-electron chi connectivity index (χ3n) is 2.60. The van der Waals surface area contributed by atoms with Crippen molar-refractivity contribution in [3.63, 3.8) is 0 Å². The van der Waals surface area contributed by atoms with Crippen LogP contribution in [0.5, 0.6) is 0 Å². The van der Waals surface area contributed by atoms with Crippen LogP contribution < -0.4 is 11.1 Å². The molecule has 0 atom stereocenters. The van der Waals surface area contributed by atoms with Crippen molar-refractivity contribution < 1.29 is 14.3 Å². The van der Waals surface area contributed by atoms with Crippen molar-refractivity contribution in [2.24, 2.45) is 0 Å². The smallest absolute Gasteiger partial charge is 0.412 e. The average molecular weight is 293 g/mol. The number of nitrogen functional groups attached to an aromatic ring is 1. The van der Waals surface area contributed by atoms with Crippen LogP contribution in [0.4, 0.5) is 16.3 Å². The number of aromatic nitrogens is 5. The van der Waals surface area contributed by atoms with Crippen LogP contribution in [0.3, 0.4) is 0 Å². The van der Waals surface area contributed by atoms with Gasteiger partial charge in [-0.1, -0.05) is 0 Å². The SMILES string of the molecule is CCOC(=O)Nc1cnn(CC(=O)n2ncc(N)c2C)n1. The minimum Gasteiger partial charge on any atom is -0.450 e. The van der Waals surface area contributed by atoms with Gasteiger partial charge in [-0.25, -0.2) is 9.48 Å². The Balaban J connectivity index is 2.01. The van der Waals surface area contributed by atoms with E-state index in [1.165, 1.54) is 17.1 Å². The first kappa shape index (κ1) is 14.5.